The molecular formula is C26H28N4O3. The lowest BCUT2D eigenvalue weighted by atomic mass is 9.98. The van der Waals surface area contributed by atoms with E-state index in [-0.39, 0.29) is 12.1 Å². The van der Waals surface area contributed by atoms with Gasteiger partial charge in [0.1, 0.15) is 18.5 Å². The van der Waals surface area contributed by atoms with Gasteiger partial charge in [0, 0.05) is 6.20 Å². The van der Waals surface area contributed by atoms with Crippen molar-refractivity contribution < 1.29 is 14.3 Å². The third kappa shape index (κ3) is 4.06. The summed E-state index contributed by atoms with van der Waals surface area (Å²) in [4.78, 5) is 12.4. The predicted octanol–water partition coefficient (Wildman–Crippen LogP) is 4.64. The maximum absolute atomic E-state index is 6.03. The molecule has 5 rings (SSSR count). The zero-order valence-electron chi connectivity index (χ0n) is 19.4. The van der Waals surface area contributed by atoms with Gasteiger partial charge in [-0.25, -0.2) is 4.98 Å². The number of methoxy groups -OCH3 is 1. The van der Waals surface area contributed by atoms with Gasteiger partial charge < -0.3 is 23.8 Å². The Morgan fingerprint density at radius 3 is 2.67 bits per heavy atom. The number of rotatable bonds is 4. The van der Waals surface area contributed by atoms with Gasteiger partial charge in [0.15, 0.2) is 5.76 Å². The summed E-state index contributed by atoms with van der Waals surface area (Å²) in [6.07, 6.45) is 5.68. The van der Waals surface area contributed by atoms with Crippen molar-refractivity contribution in [2.45, 2.75) is 32.9 Å². The van der Waals surface area contributed by atoms with Gasteiger partial charge in [-0.2, -0.15) is 0 Å². The molecule has 0 N–H and O–H groups in total. The minimum absolute atomic E-state index is 0.0613. The second kappa shape index (κ2) is 8.65. The third-order valence-corrected chi connectivity index (χ3v) is 6.08. The summed E-state index contributed by atoms with van der Waals surface area (Å²) in [5, 5.41) is 4.42. The summed E-state index contributed by atoms with van der Waals surface area (Å²) < 4.78 is 13.6. The fourth-order valence-electron chi connectivity index (χ4n) is 4.40. The molecule has 1 fully saturated rings. The standard InChI is InChI=1S/C26H28N4O3/c1-17-5-8-21(9-6-17)25-19(3)33-28-26-24(32-12-11-30(25)26)14-20-7-10-22(23(13-20)31-4)29-15-18(2)27-16-29/h5-10,13-16,19,25H,11-12H2,1-4H3/b24-14-. The van der Waals surface area contributed by atoms with Crippen molar-refractivity contribution in [3.05, 3.63) is 83.1 Å². The molecule has 0 amide bonds. The number of nitrogens with zero attached hydrogens (tertiary/aromatic N) is 4. The highest BCUT2D eigenvalue weighted by atomic mass is 16.6. The number of aromatic nitrogens is 2. The minimum atomic E-state index is -0.0613. The zero-order valence-corrected chi connectivity index (χ0v) is 19.4. The Bertz CT molecular complexity index is 1210. The van der Waals surface area contributed by atoms with E-state index in [1.807, 2.05) is 42.0 Å². The Kier molecular flexibility index (Phi) is 5.54. The number of morpholine rings is 1. The van der Waals surface area contributed by atoms with E-state index in [9.17, 15) is 0 Å². The van der Waals surface area contributed by atoms with E-state index in [0.717, 1.165) is 35.1 Å². The number of amidine groups is 1. The molecule has 2 aliphatic heterocycles. The highest BCUT2D eigenvalue weighted by Gasteiger charge is 2.38. The van der Waals surface area contributed by atoms with Crippen LogP contribution < -0.4 is 4.74 Å². The first-order chi connectivity index (χ1) is 16.0. The number of aryl methyl sites for hydroxylation is 2. The number of fused-ring (bicyclic) bond motifs is 1. The van der Waals surface area contributed by atoms with Gasteiger partial charge in [0.05, 0.1) is 37.4 Å². The molecule has 0 saturated carbocycles. The Hall–Kier alpha value is -3.74. The van der Waals surface area contributed by atoms with Crippen LogP contribution in [-0.4, -0.2) is 46.7 Å². The number of benzene rings is 2. The predicted molar refractivity (Wildman–Crippen MR) is 127 cm³/mol. The maximum atomic E-state index is 6.03. The van der Waals surface area contributed by atoms with Crippen LogP contribution in [0, 0.1) is 13.8 Å². The van der Waals surface area contributed by atoms with Gasteiger partial charge in [0.25, 0.3) is 0 Å². The molecule has 2 aliphatic rings. The molecule has 33 heavy (non-hydrogen) atoms. The normalized spacial score (nSPS) is 21.2. The summed E-state index contributed by atoms with van der Waals surface area (Å²) >= 11 is 0. The first-order valence-electron chi connectivity index (χ1n) is 11.1. The van der Waals surface area contributed by atoms with Crippen LogP contribution in [0.15, 0.2) is 65.9 Å². The van der Waals surface area contributed by atoms with E-state index in [0.29, 0.717) is 12.4 Å². The molecule has 3 aromatic rings. The third-order valence-electron chi connectivity index (χ3n) is 6.08. The monoisotopic (exact) mass is 444 g/mol. The first kappa shape index (κ1) is 21.1. The topological polar surface area (TPSA) is 61.1 Å². The summed E-state index contributed by atoms with van der Waals surface area (Å²) in [7, 11) is 1.67. The number of ether oxygens (including phenoxy) is 2. The Morgan fingerprint density at radius 2 is 1.94 bits per heavy atom. The largest absolute Gasteiger partial charge is 0.495 e. The van der Waals surface area contributed by atoms with Gasteiger partial charge >= 0.3 is 0 Å². The van der Waals surface area contributed by atoms with Crippen LogP contribution in [0.25, 0.3) is 11.8 Å². The Labute approximate surface area is 193 Å². The van der Waals surface area contributed by atoms with Crippen LogP contribution >= 0.6 is 0 Å². The van der Waals surface area contributed by atoms with E-state index in [4.69, 9.17) is 14.3 Å². The van der Waals surface area contributed by atoms with E-state index >= 15 is 0 Å². The minimum Gasteiger partial charge on any atom is -0.495 e. The van der Waals surface area contributed by atoms with Gasteiger partial charge in [-0.05, 0) is 50.1 Å². The van der Waals surface area contributed by atoms with Crippen molar-refractivity contribution in [2.75, 3.05) is 20.3 Å². The van der Waals surface area contributed by atoms with Crippen LogP contribution in [0.1, 0.15) is 35.3 Å². The number of hydrogen-bond acceptors (Lipinski definition) is 6. The highest BCUT2D eigenvalue weighted by molar-refractivity contribution is 6.01. The van der Waals surface area contributed by atoms with E-state index in [1.165, 1.54) is 11.1 Å². The maximum Gasteiger partial charge on any atom is 0.211 e. The molecule has 2 aromatic carbocycles. The van der Waals surface area contributed by atoms with Gasteiger partial charge in [-0.3, -0.25) is 0 Å². The average molecular weight is 445 g/mol. The SMILES string of the molecule is COc1cc(/C=C2\OCCN3C2=NOC(C)C3c2ccc(C)cc2)ccc1-n1cnc(C)c1. The molecule has 1 aromatic heterocycles. The first-order valence-corrected chi connectivity index (χ1v) is 11.1. The van der Waals surface area contributed by atoms with Crippen molar-refractivity contribution in [2.24, 2.45) is 5.16 Å². The molecule has 0 bridgehead atoms. The molecule has 2 atom stereocenters. The second-order valence-corrected chi connectivity index (χ2v) is 8.48. The summed E-state index contributed by atoms with van der Waals surface area (Å²) in [6.45, 7) is 7.46. The summed E-state index contributed by atoms with van der Waals surface area (Å²) in [6, 6.07) is 14.7. The quantitative estimate of drug-likeness (QED) is 0.587. The molecule has 3 heterocycles. The highest BCUT2D eigenvalue weighted by Crippen LogP contribution is 2.35. The van der Waals surface area contributed by atoms with Crippen molar-refractivity contribution >= 4 is 11.9 Å². The van der Waals surface area contributed by atoms with E-state index in [2.05, 4.69) is 53.2 Å². The van der Waals surface area contributed by atoms with E-state index < -0.39 is 0 Å². The second-order valence-electron chi connectivity index (χ2n) is 8.48. The smallest absolute Gasteiger partial charge is 0.211 e. The van der Waals surface area contributed by atoms with Crippen LogP contribution in [0.5, 0.6) is 5.75 Å². The van der Waals surface area contributed by atoms with Crippen LogP contribution in [-0.2, 0) is 9.57 Å². The summed E-state index contributed by atoms with van der Waals surface area (Å²) in [5.74, 6) is 2.17. The summed E-state index contributed by atoms with van der Waals surface area (Å²) in [5.41, 5.74) is 5.29. The van der Waals surface area contributed by atoms with Crippen LogP contribution in [0.4, 0.5) is 0 Å². The van der Waals surface area contributed by atoms with Gasteiger partial charge in [-0.15, -0.1) is 0 Å². The molecular weight excluding hydrogens is 416 g/mol. The van der Waals surface area contributed by atoms with Gasteiger partial charge in [-0.1, -0.05) is 41.1 Å². The van der Waals surface area contributed by atoms with Crippen molar-refractivity contribution in [3.63, 3.8) is 0 Å². The lowest BCUT2D eigenvalue weighted by molar-refractivity contribution is -0.0220. The van der Waals surface area contributed by atoms with Crippen molar-refractivity contribution in [1.29, 1.82) is 0 Å². The molecule has 0 radical (unpaired) electrons. The Balaban J connectivity index is 1.47. The molecule has 0 aliphatic carbocycles. The Morgan fingerprint density at radius 1 is 1.12 bits per heavy atom. The lowest BCUT2D eigenvalue weighted by Crippen LogP contribution is -2.49. The van der Waals surface area contributed by atoms with Crippen molar-refractivity contribution in [1.82, 2.24) is 14.5 Å². The fourth-order valence-corrected chi connectivity index (χ4v) is 4.40. The molecule has 0 spiro atoms. The fraction of sp³-hybridized carbons (Fsp3) is 0.308. The zero-order chi connectivity index (χ0) is 22.9. The number of oxime groups is 1. The lowest BCUT2D eigenvalue weighted by Gasteiger charge is -2.42. The molecule has 170 valence electrons. The van der Waals surface area contributed by atoms with Gasteiger partial charge in [0.2, 0.25) is 5.84 Å². The van der Waals surface area contributed by atoms with Crippen LogP contribution in [0.3, 0.4) is 0 Å². The van der Waals surface area contributed by atoms with E-state index in [1.54, 1.807) is 13.4 Å². The number of imidazole rings is 1. The molecule has 2 unspecified atom stereocenters. The molecule has 7 nitrogen and oxygen atoms in total. The van der Waals surface area contributed by atoms with Crippen molar-refractivity contribution in [3.8, 4) is 11.4 Å². The number of hydrogen-bond donors (Lipinski definition) is 0. The molecule has 7 heteroatoms. The molecule has 1 saturated heterocycles. The van der Waals surface area contributed by atoms with Crippen LogP contribution in [0.2, 0.25) is 0 Å². The average Bonchev–Trinajstić information content (AvgIpc) is 3.26.